The Bertz CT molecular complexity index is 610. The molecule has 1 amide bonds. The van der Waals surface area contributed by atoms with Gasteiger partial charge in [-0.1, -0.05) is 30.3 Å². The average Bonchev–Trinajstić information content (AvgIpc) is 2.47. The van der Waals surface area contributed by atoms with Gasteiger partial charge in [-0.3, -0.25) is 4.90 Å². The monoisotopic (exact) mass is 355 g/mol. The molecule has 2 aromatic rings. The van der Waals surface area contributed by atoms with Gasteiger partial charge in [0.1, 0.15) is 6.61 Å². The highest BCUT2D eigenvalue weighted by molar-refractivity contribution is 9.10. The Labute approximate surface area is 129 Å². The largest absolute Gasteiger partial charge is 0.444 e. The van der Waals surface area contributed by atoms with Gasteiger partial charge >= 0.3 is 6.09 Å². The molecule has 0 aliphatic rings. The molecule has 0 fully saturated rings. The van der Waals surface area contributed by atoms with Crippen molar-refractivity contribution in [3.8, 4) is 0 Å². The summed E-state index contributed by atoms with van der Waals surface area (Å²) in [6.45, 7) is 0.195. The minimum atomic E-state index is -0.524. The fourth-order valence-electron chi connectivity index (χ4n) is 1.48. The lowest BCUT2D eigenvalue weighted by molar-refractivity contribution is 0.148. The van der Waals surface area contributed by atoms with Crippen molar-refractivity contribution < 1.29 is 9.53 Å². The number of hydrogen-bond donors (Lipinski definition) is 0. The summed E-state index contributed by atoms with van der Waals surface area (Å²) in [6, 6.07) is 9.42. The Balaban J connectivity index is 2.03. The summed E-state index contributed by atoms with van der Waals surface area (Å²) in [5.41, 5.74) is 0.911. The normalized spacial score (nSPS) is 10.2. The molecule has 20 heavy (non-hydrogen) atoms. The number of carbonyl (C=O) groups excluding carboxylic acids is 1. The second-order valence-electron chi connectivity index (χ2n) is 3.91. The number of halogens is 2. The number of nitrogens with zero attached hydrogens (tertiary/aromatic N) is 3. The second-order valence-corrected chi connectivity index (χ2v) is 5.10. The molecular weight excluding hydrogens is 346 g/mol. The van der Waals surface area contributed by atoms with Crippen molar-refractivity contribution in [3.63, 3.8) is 0 Å². The van der Waals surface area contributed by atoms with Gasteiger partial charge in [0.15, 0.2) is 5.82 Å². The van der Waals surface area contributed by atoms with E-state index >= 15 is 0 Å². The van der Waals surface area contributed by atoms with E-state index in [2.05, 4.69) is 25.9 Å². The zero-order valence-electron chi connectivity index (χ0n) is 10.6. The zero-order valence-corrected chi connectivity index (χ0v) is 12.9. The first-order chi connectivity index (χ1) is 9.58. The van der Waals surface area contributed by atoms with Gasteiger partial charge in [0.25, 0.3) is 0 Å². The van der Waals surface area contributed by atoms with Gasteiger partial charge in [-0.15, -0.1) is 0 Å². The van der Waals surface area contributed by atoms with E-state index < -0.39 is 6.09 Å². The summed E-state index contributed by atoms with van der Waals surface area (Å²) in [6.07, 6.45) is 0.954. The lowest BCUT2D eigenvalue weighted by Crippen LogP contribution is -2.28. The SMILES string of the molecule is CN(C(=O)OCc1ccccc1)c1nc(Cl)ncc1Br. The Morgan fingerprint density at radius 3 is 2.80 bits per heavy atom. The number of rotatable bonds is 3. The van der Waals surface area contributed by atoms with Crippen LogP contribution in [-0.2, 0) is 11.3 Å². The van der Waals surface area contributed by atoms with Gasteiger partial charge in [0.2, 0.25) is 5.28 Å². The van der Waals surface area contributed by atoms with Crippen molar-refractivity contribution in [2.45, 2.75) is 6.61 Å². The maximum atomic E-state index is 12.0. The van der Waals surface area contributed by atoms with Crippen molar-refractivity contribution in [2.75, 3.05) is 11.9 Å². The molecule has 0 saturated heterocycles. The molecule has 104 valence electrons. The molecular formula is C13H11BrClN3O2. The van der Waals surface area contributed by atoms with Gasteiger partial charge in [0, 0.05) is 13.2 Å². The van der Waals surface area contributed by atoms with Gasteiger partial charge in [0.05, 0.1) is 4.47 Å². The first kappa shape index (κ1) is 14.7. The number of carbonyl (C=O) groups is 1. The third-order valence-electron chi connectivity index (χ3n) is 2.49. The number of ether oxygens (including phenoxy) is 1. The molecule has 0 N–H and O–H groups in total. The van der Waals surface area contributed by atoms with E-state index in [-0.39, 0.29) is 11.9 Å². The summed E-state index contributed by atoms with van der Waals surface area (Å²) in [4.78, 5) is 21.0. The molecule has 2 rings (SSSR count). The highest BCUT2D eigenvalue weighted by Gasteiger charge is 2.17. The molecule has 0 radical (unpaired) electrons. The van der Waals surface area contributed by atoms with E-state index in [1.165, 1.54) is 11.1 Å². The molecule has 1 heterocycles. The molecule has 0 spiro atoms. The Hall–Kier alpha value is -1.66. The molecule has 1 aromatic carbocycles. The van der Waals surface area contributed by atoms with Crippen LogP contribution in [0.25, 0.3) is 0 Å². The van der Waals surface area contributed by atoms with Crippen LogP contribution >= 0.6 is 27.5 Å². The molecule has 5 nitrogen and oxygen atoms in total. The number of amides is 1. The van der Waals surface area contributed by atoms with Crippen LogP contribution in [0, 0.1) is 0 Å². The van der Waals surface area contributed by atoms with E-state index in [0.29, 0.717) is 10.3 Å². The van der Waals surface area contributed by atoms with Crippen LogP contribution in [0.1, 0.15) is 5.56 Å². The fraction of sp³-hybridized carbons (Fsp3) is 0.154. The fourth-order valence-corrected chi connectivity index (χ4v) is 2.06. The standard InChI is InChI=1S/C13H11BrClN3O2/c1-18(11-10(14)7-16-12(15)17-11)13(19)20-8-9-5-3-2-4-6-9/h2-7H,8H2,1H3. The number of aromatic nitrogens is 2. The van der Waals surface area contributed by atoms with Crippen LogP contribution in [0.15, 0.2) is 41.0 Å². The molecule has 0 aliphatic heterocycles. The minimum absolute atomic E-state index is 0.0610. The first-order valence-electron chi connectivity index (χ1n) is 5.70. The Kier molecular flexibility index (Phi) is 4.92. The van der Waals surface area contributed by atoms with Gasteiger partial charge < -0.3 is 4.74 Å². The Morgan fingerprint density at radius 2 is 2.10 bits per heavy atom. The van der Waals surface area contributed by atoms with Crippen molar-refractivity contribution in [3.05, 3.63) is 51.8 Å². The maximum absolute atomic E-state index is 12.0. The highest BCUT2D eigenvalue weighted by atomic mass is 79.9. The smallest absolute Gasteiger partial charge is 0.415 e. The summed E-state index contributed by atoms with van der Waals surface area (Å²) in [5, 5.41) is 0.0610. The molecule has 0 aliphatic carbocycles. The quantitative estimate of drug-likeness (QED) is 0.788. The molecule has 1 aromatic heterocycles. The third-order valence-corrected chi connectivity index (χ3v) is 3.23. The van der Waals surface area contributed by atoms with Crippen LogP contribution < -0.4 is 4.90 Å². The topological polar surface area (TPSA) is 55.3 Å². The average molecular weight is 357 g/mol. The maximum Gasteiger partial charge on any atom is 0.415 e. The van der Waals surface area contributed by atoms with E-state index in [4.69, 9.17) is 16.3 Å². The third kappa shape index (κ3) is 3.68. The van der Waals surface area contributed by atoms with E-state index in [1.807, 2.05) is 30.3 Å². The zero-order chi connectivity index (χ0) is 14.5. The molecule has 0 unspecified atom stereocenters. The lowest BCUT2D eigenvalue weighted by Gasteiger charge is -2.17. The van der Waals surface area contributed by atoms with Crippen molar-refractivity contribution in [1.29, 1.82) is 0 Å². The highest BCUT2D eigenvalue weighted by Crippen LogP contribution is 2.23. The van der Waals surface area contributed by atoms with Gasteiger partial charge in [-0.2, -0.15) is 4.98 Å². The van der Waals surface area contributed by atoms with Crippen molar-refractivity contribution in [1.82, 2.24) is 9.97 Å². The van der Waals surface area contributed by atoms with Crippen LogP contribution in [0.4, 0.5) is 10.6 Å². The number of anilines is 1. The Morgan fingerprint density at radius 1 is 1.40 bits per heavy atom. The molecule has 0 saturated carbocycles. The number of hydrogen-bond acceptors (Lipinski definition) is 4. The van der Waals surface area contributed by atoms with Crippen LogP contribution in [0.2, 0.25) is 5.28 Å². The summed E-state index contributed by atoms with van der Waals surface area (Å²) >= 11 is 8.98. The predicted molar refractivity (Wildman–Crippen MR) is 79.8 cm³/mol. The second kappa shape index (κ2) is 6.67. The number of benzene rings is 1. The van der Waals surface area contributed by atoms with Gasteiger partial charge in [-0.05, 0) is 33.1 Å². The van der Waals surface area contributed by atoms with Crippen LogP contribution in [-0.4, -0.2) is 23.1 Å². The summed E-state index contributed by atoms with van der Waals surface area (Å²) in [5.74, 6) is 0.350. The summed E-state index contributed by atoms with van der Waals surface area (Å²) < 4.78 is 5.76. The van der Waals surface area contributed by atoms with Crippen LogP contribution in [0.3, 0.4) is 0 Å². The molecule has 0 atom stereocenters. The molecule has 7 heteroatoms. The summed E-state index contributed by atoms with van der Waals surface area (Å²) in [7, 11) is 1.55. The predicted octanol–water partition coefficient (Wildman–Crippen LogP) is 3.67. The van der Waals surface area contributed by atoms with Crippen LogP contribution in [0.5, 0.6) is 0 Å². The van der Waals surface area contributed by atoms with E-state index in [0.717, 1.165) is 5.56 Å². The van der Waals surface area contributed by atoms with Crippen molar-refractivity contribution in [2.24, 2.45) is 0 Å². The minimum Gasteiger partial charge on any atom is -0.444 e. The molecule has 0 bridgehead atoms. The lowest BCUT2D eigenvalue weighted by atomic mass is 10.2. The van der Waals surface area contributed by atoms with E-state index in [1.54, 1.807) is 7.05 Å². The van der Waals surface area contributed by atoms with E-state index in [9.17, 15) is 4.79 Å². The van der Waals surface area contributed by atoms with Gasteiger partial charge in [-0.25, -0.2) is 9.78 Å². The first-order valence-corrected chi connectivity index (χ1v) is 6.87. The van der Waals surface area contributed by atoms with Crippen molar-refractivity contribution >= 4 is 39.4 Å².